The smallest absolute Gasteiger partial charge is 0.273 e. The Labute approximate surface area is 428 Å². The van der Waals surface area contributed by atoms with Crippen LogP contribution in [0.4, 0.5) is 0 Å². The molecule has 0 bridgehead atoms. The Morgan fingerprint density at radius 2 is 0.946 bits per heavy atom. The molecule has 10 atom stereocenters. The Kier molecular flexibility index (Phi) is 15.1. The third-order valence-corrected chi connectivity index (χ3v) is 15.0. The minimum atomic E-state index is -0.917. The van der Waals surface area contributed by atoms with Crippen LogP contribution in [0.25, 0.3) is 12.2 Å². The number of aliphatic hydroxyl groups is 2. The highest BCUT2D eigenvalue weighted by molar-refractivity contribution is 5.98. The van der Waals surface area contributed by atoms with Gasteiger partial charge in [-0.2, -0.15) is 0 Å². The van der Waals surface area contributed by atoms with Crippen molar-refractivity contribution >= 4 is 35.8 Å². The van der Waals surface area contributed by atoms with Crippen molar-refractivity contribution in [3.63, 3.8) is 0 Å². The van der Waals surface area contributed by atoms with Gasteiger partial charge in [0.1, 0.15) is 23.5 Å². The summed E-state index contributed by atoms with van der Waals surface area (Å²) in [6.07, 6.45) is 10.2. The maximum atomic E-state index is 13.9. The number of hydrogen-bond acceptors (Lipinski definition) is 10. The summed E-state index contributed by atoms with van der Waals surface area (Å²) in [7, 11) is 0. The van der Waals surface area contributed by atoms with Gasteiger partial charge in [0, 0.05) is 84.9 Å². The molecule has 0 radical (unpaired) electrons. The Hall–Kier alpha value is -8.08. The summed E-state index contributed by atoms with van der Waals surface area (Å²) in [6.45, 7) is 7.52. The van der Waals surface area contributed by atoms with Crippen LogP contribution in [0.15, 0.2) is 155 Å². The molecule has 2 aromatic carbocycles. The lowest BCUT2D eigenvalue weighted by Gasteiger charge is -2.31. The van der Waals surface area contributed by atoms with E-state index in [1.54, 1.807) is 82.0 Å². The van der Waals surface area contributed by atoms with E-state index in [0.717, 1.165) is 11.1 Å². The van der Waals surface area contributed by atoms with Crippen LogP contribution < -0.4 is 21.8 Å². The highest BCUT2D eigenvalue weighted by atomic mass is 16.3. The Balaban J connectivity index is 0.000000182. The molecule has 4 N–H and O–H groups in total. The molecule has 74 heavy (non-hydrogen) atoms. The third kappa shape index (κ3) is 9.42. The average Bonchev–Trinajstić information content (AvgIpc) is 4.18. The third-order valence-electron chi connectivity index (χ3n) is 15.0. The summed E-state index contributed by atoms with van der Waals surface area (Å²) in [6, 6.07) is 33.0. The van der Waals surface area contributed by atoms with E-state index >= 15 is 0 Å². The number of rotatable bonds is 12. The zero-order valence-corrected chi connectivity index (χ0v) is 41.6. The van der Waals surface area contributed by atoms with Crippen LogP contribution in [0.5, 0.6) is 0 Å². The largest absolute Gasteiger partial charge is 0.396 e. The molecule has 4 aliphatic rings. The molecular weight excluding hydrogens is 937 g/mol. The van der Waals surface area contributed by atoms with Crippen LogP contribution in [-0.4, -0.2) is 88.0 Å². The second kappa shape index (κ2) is 22.0. The summed E-state index contributed by atoms with van der Waals surface area (Å²) >= 11 is 0. The first-order valence-electron chi connectivity index (χ1n) is 25.0. The molecule has 2 fully saturated rings. The van der Waals surface area contributed by atoms with E-state index in [1.165, 1.54) is 22.2 Å². The topological polar surface area (TPSA) is 209 Å². The standard InChI is InChI=1S/2C29H30N4O4/c2*1-3-9-20-13-14-24-25-21(16-32(24)28(20)36)22(17-34)26(33(25)29(37)23-12-7-8-15-30-23)27(35)31-18(2)19-10-5-4-6-11-19/h2*3-15,18,21-22,25-26,34H,16-17H2,1-2H3,(H,31,35)/b9-3+;9-3-/t2*18-,21+,22+,25-,26+/m11/s1. The Bertz CT molecular complexity index is 2990. The first-order chi connectivity index (χ1) is 35.9. The number of fused-ring (bicyclic) bond motifs is 6. The molecule has 0 unspecified atom stereocenters. The van der Waals surface area contributed by atoms with Crippen LogP contribution in [0, 0.1) is 23.7 Å². The zero-order valence-electron chi connectivity index (χ0n) is 41.6. The van der Waals surface area contributed by atoms with Gasteiger partial charge in [0.15, 0.2) is 0 Å². The van der Waals surface area contributed by atoms with Crippen molar-refractivity contribution in [2.75, 3.05) is 13.2 Å². The summed E-state index contributed by atoms with van der Waals surface area (Å²) < 4.78 is 3.35. The van der Waals surface area contributed by atoms with Crippen molar-refractivity contribution in [2.24, 2.45) is 23.7 Å². The fourth-order valence-corrected chi connectivity index (χ4v) is 11.6. The van der Waals surface area contributed by atoms with Crippen molar-refractivity contribution < 1.29 is 29.4 Å². The van der Waals surface area contributed by atoms with Crippen LogP contribution in [0.2, 0.25) is 0 Å². The van der Waals surface area contributed by atoms with E-state index in [2.05, 4.69) is 20.6 Å². The number of aliphatic hydroxyl groups excluding tert-OH is 2. The number of carbonyl (C=O) groups excluding carboxylic acids is 4. The number of carbonyl (C=O) groups is 4. The van der Waals surface area contributed by atoms with Crippen LogP contribution in [0.3, 0.4) is 0 Å². The van der Waals surface area contributed by atoms with Gasteiger partial charge >= 0.3 is 0 Å². The quantitative estimate of drug-likeness (QED) is 0.114. The van der Waals surface area contributed by atoms with E-state index in [-0.39, 0.29) is 71.5 Å². The van der Waals surface area contributed by atoms with E-state index < -0.39 is 47.8 Å². The van der Waals surface area contributed by atoms with Gasteiger partial charge in [-0.1, -0.05) is 97.1 Å². The van der Waals surface area contributed by atoms with Crippen LogP contribution in [0.1, 0.15) is 106 Å². The van der Waals surface area contributed by atoms with Gasteiger partial charge in [-0.25, -0.2) is 0 Å². The number of aromatic nitrogens is 4. The molecule has 0 aliphatic carbocycles. The number of benzene rings is 2. The fraction of sp³-hybridized carbons (Fsp3) is 0.310. The van der Waals surface area contributed by atoms with Gasteiger partial charge in [-0.05, 0) is 87.4 Å². The molecular formula is C58H60N8O8. The molecule has 10 rings (SSSR count). The second-order valence-corrected chi connectivity index (χ2v) is 19.2. The van der Waals surface area contributed by atoms with Crippen molar-refractivity contribution in [1.29, 1.82) is 0 Å². The number of pyridine rings is 4. The predicted octanol–water partition coefficient (Wildman–Crippen LogP) is 5.92. The minimum absolute atomic E-state index is 0.148. The first-order valence-corrected chi connectivity index (χ1v) is 25.0. The number of nitrogens with one attached hydrogen (secondary N) is 2. The molecule has 6 aromatic rings. The van der Waals surface area contributed by atoms with Gasteiger partial charge in [0.05, 0.1) is 24.2 Å². The molecule has 4 amide bonds. The molecule has 16 heteroatoms. The van der Waals surface area contributed by atoms with Crippen molar-refractivity contribution in [1.82, 2.24) is 39.5 Å². The predicted molar refractivity (Wildman–Crippen MR) is 279 cm³/mol. The van der Waals surface area contributed by atoms with Crippen molar-refractivity contribution in [2.45, 2.75) is 77.0 Å². The second-order valence-electron chi connectivity index (χ2n) is 19.2. The highest BCUT2D eigenvalue weighted by Crippen LogP contribution is 2.51. The van der Waals surface area contributed by atoms with Crippen LogP contribution >= 0.6 is 0 Å². The minimum Gasteiger partial charge on any atom is -0.396 e. The van der Waals surface area contributed by atoms with E-state index in [4.69, 9.17) is 0 Å². The van der Waals surface area contributed by atoms with E-state index in [9.17, 15) is 39.0 Å². The highest BCUT2D eigenvalue weighted by Gasteiger charge is 2.59. The number of amides is 4. The number of nitrogens with zero attached hydrogens (tertiary/aromatic N) is 6. The van der Waals surface area contributed by atoms with Gasteiger partial charge in [0.25, 0.3) is 22.9 Å². The van der Waals surface area contributed by atoms with Crippen LogP contribution in [-0.2, 0) is 22.7 Å². The monoisotopic (exact) mass is 996 g/mol. The number of hydrogen-bond donors (Lipinski definition) is 4. The lowest BCUT2D eigenvalue weighted by molar-refractivity contribution is -0.128. The van der Waals surface area contributed by atoms with E-state index in [0.29, 0.717) is 35.6 Å². The fourth-order valence-electron chi connectivity index (χ4n) is 11.6. The lowest BCUT2D eigenvalue weighted by Crippen LogP contribution is -2.51. The van der Waals surface area contributed by atoms with Crippen molar-refractivity contribution in [3.8, 4) is 0 Å². The van der Waals surface area contributed by atoms with E-state index in [1.807, 2.05) is 100 Å². The molecule has 16 nitrogen and oxygen atoms in total. The van der Waals surface area contributed by atoms with Gasteiger partial charge < -0.3 is 39.8 Å². The Morgan fingerprint density at radius 1 is 0.568 bits per heavy atom. The molecule has 8 heterocycles. The molecule has 380 valence electrons. The molecule has 2 saturated heterocycles. The SMILES string of the molecule is C/C=C/c1ccc2n(c1=O)C[C@H]1[C@H](CO)[C@@H](C(=O)N[C@H](C)c3ccccc3)N(C(=O)c3ccccn3)[C@@H]21.C/C=C\c1ccc2n(c1=O)C[C@H]1[C@H](CO)[C@@H](C(=O)N[C@H](C)c3ccccc3)N(C(=O)c3ccccn3)[C@@H]21. The first kappa shape index (κ1) is 50.8. The summed E-state index contributed by atoms with van der Waals surface area (Å²) in [5, 5.41) is 27.1. The number of allylic oxidation sites excluding steroid dienone is 2. The van der Waals surface area contributed by atoms with Gasteiger partial charge in [-0.15, -0.1) is 0 Å². The maximum Gasteiger partial charge on any atom is 0.273 e. The zero-order chi connectivity index (χ0) is 52.2. The average molecular weight is 997 g/mol. The molecule has 4 aliphatic heterocycles. The van der Waals surface area contributed by atoms with Crippen molar-refractivity contribution in [3.05, 3.63) is 212 Å². The van der Waals surface area contributed by atoms with Gasteiger partial charge in [0.2, 0.25) is 11.8 Å². The maximum absolute atomic E-state index is 13.9. The number of likely N-dealkylation sites (tertiary alicyclic amines) is 2. The molecule has 0 spiro atoms. The normalized spacial score (nSPS) is 23.1. The Morgan fingerprint density at radius 3 is 1.28 bits per heavy atom. The van der Waals surface area contributed by atoms with Gasteiger partial charge in [-0.3, -0.25) is 38.7 Å². The molecule has 0 saturated carbocycles. The summed E-state index contributed by atoms with van der Waals surface area (Å²) in [4.78, 5) is 93.3. The summed E-state index contributed by atoms with van der Waals surface area (Å²) in [5.74, 6) is -3.18. The lowest BCUT2D eigenvalue weighted by atomic mass is 9.88. The molecule has 4 aromatic heterocycles. The summed E-state index contributed by atoms with van der Waals surface area (Å²) in [5.41, 5.74) is 4.43.